The predicted octanol–water partition coefficient (Wildman–Crippen LogP) is 4.01. The zero-order valence-corrected chi connectivity index (χ0v) is 24.5. The van der Waals surface area contributed by atoms with Crippen LogP contribution in [-0.4, -0.2) is 52.2 Å². The molecule has 0 saturated heterocycles. The lowest BCUT2D eigenvalue weighted by Crippen LogP contribution is -2.17. The number of aromatic nitrogens is 6. The minimum atomic E-state index is -4.30. The van der Waals surface area contributed by atoms with E-state index in [1.165, 1.54) is 31.6 Å². The third-order valence-electron chi connectivity index (χ3n) is 6.04. The zero-order valence-electron chi connectivity index (χ0n) is 23.6. The summed E-state index contributed by atoms with van der Waals surface area (Å²) in [7, 11) is -2.85. The minimum Gasteiger partial charge on any atom is -0.493 e. The largest absolute Gasteiger partial charge is 0.493 e. The Balaban J connectivity index is 1.67. The topological polar surface area (TPSA) is 184 Å². The van der Waals surface area contributed by atoms with Crippen LogP contribution in [0.2, 0.25) is 0 Å². The van der Waals surface area contributed by atoms with E-state index < -0.39 is 15.8 Å². The number of ether oxygens (including phenoxy) is 3. The van der Waals surface area contributed by atoms with Crippen LogP contribution in [0.1, 0.15) is 25.3 Å². The molecule has 5 rings (SSSR count). The van der Waals surface area contributed by atoms with Gasteiger partial charge in [-0.05, 0) is 41.8 Å². The first kappa shape index (κ1) is 29.7. The van der Waals surface area contributed by atoms with Crippen molar-refractivity contribution in [2.24, 2.45) is 0 Å². The fourth-order valence-corrected chi connectivity index (χ4v) is 4.79. The van der Waals surface area contributed by atoms with Crippen LogP contribution in [0.5, 0.6) is 23.1 Å². The first-order valence-electron chi connectivity index (χ1n) is 13.0. The van der Waals surface area contributed by atoms with Gasteiger partial charge in [-0.25, -0.2) is 14.8 Å². The lowest BCUT2D eigenvalue weighted by atomic mass is 10.1. The molecule has 0 atom stereocenters. The van der Waals surface area contributed by atoms with Gasteiger partial charge < -0.3 is 14.2 Å². The molecule has 15 heteroatoms. The van der Waals surface area contributed by atoms with Crippen molar-refractivity contribution in [2.45, 2.75) is 24.8 Å². The fourth-order valence-electron chi connectivity index (χ4n) is 3.85. The third-order valence-corrected chi connectivity index (χ3v) is 7.30. The molecule has 5 aromatic rings. The van der Waals surface area contributed by atoms with E-state index in [0.29, 0.717) is 11.3 Å². The number of hydrogen-bond acceptors (Lipinski definition) is 12. The monoisotopic (exact) mass is 615 g/mol. The van der Waals surface area contributed by atoms with Crippen LogP contribution in [0.3, 0.4) is 0 Å². The maximum atomic E-state index is 13.6. The van der Waals surface area contributed by atoms with Crippen LogP contribution in [0.15, 0.2) is 75.3 Å². The average molecular weight is 616 g/mol. The summed E-state index contributed by atoms with van der Waals surface area (Å²) in [6.07, 6.45) is 8.37. The molecule has 14 nitrogen and oxygen atoms in total. The Morgan fingerprint density at radius 3 is 2.55 bits per heavy atom. The highest BCUT2D eigenvalue weighted by Gasteiger charge is 2.26. The number of nitrogens with zero attached hydrogens (tertiary/aromatic N) is 5. The Labute approximate surface area is 251 Å². The van der Waals surface area contributed by atoms with Crippen LogP contribution in [0.4, 0.5) is 5.82 Å². The summed E-state index contributed by atoms with van der Waals surface area (Å²) in [5, 5.41) is 3.40. The first-order chi connectivity index (χ1) is 21.2. The van der Waals surface area contributed by atoms with E-state index in [1.807, 2.05) is 13.8 Å². The van der Waals surface area contributed by atoms with Gasteiger partial charge in [-0.1, -0.05) is 43.1 Å². The second kappa shape index (κ2) is 12.6. The number of aromatic amines is 1. The number of nitrogens with one attached hydrogen (secondary N) is 2. The molecule has 0 spiro atoms. The molecule has 0 aliphatic carbocycles. The molecule has 0 saturated carbocycles. The van der Waals surface area contributed by atoms with E-state index in [4.69, 9.17) is 20.6 Å². The van der Waals surface area contributed by atoms with Crippen molar-refractivity contribution in [3.05, 3.63) is 77.0 Å². The van der Waals surface area contributed by atoms with Crippen molar-refractivity contribution in [1.29, 1.82) is 0 Å². The molecule has 0 amide bonds. The van der Waals surface area contributed by atoms with E-state index in [9.17, 15) is 13.2 Å². The predicted molar refractivity (Wildman–Crippen MR) is 158 cm³/mol. The lowest BCUT2D eigenvalue weighted by Gasteiger charge is -2.18. The maximum absolute atomic E-state index is 13.6. The van der Waals surface area contributed by atoms with Crippen molar-refractivity contribution < 1.29 is 27.2 Å². The molecule has 1 aromatic carbocycles. The summed E-state index contributed by atoms with van der Waals surface area (Å²) < 4.78 is 51.4. The highest BCUT2D eigenvalue weighted by molar-refractivity contribution is 7.92. The minimum absolute atomic E-state index is 0.000273. The van der Waals surface area contributed by atoms with Crippen molar-refractivity contribution in [2.75, 3.05) is 18.4 Å². The van der Waals surface area contributed by atoms with Gasteiger partial charge in [-0.15, -0.1) is 6.42 Å². The van der Waals surface area contributed by atoms with Gasteiger partial charge in [0, 0.05) is 18.0 Å². The third kappa shape index (κ3) is 6.50. The lowest BCUT2D eigenvalue weighted by molar-refractivity contribution is 0.325. The number of hydrogen-bond donors (Lipinski definition) is 2. The SMILES string of the molecule is C#CCOc1nc(-c2ccnc(-c3noc(=O)[nH]3)c2)nc(NS(=O)(=O)c2ccc(C(C)C)cn2)c1Oc1ccccc1OC. The summed E-state index contributed by atoms with van der Waals surface area (Å²) in [6.45, 7) is 3.70. The molecular formula is C29H25N7O7S. The number of pyridine rings is 2. The summed E-state index contributed by atoms with van der Waals surface area (Å²) in [6, 6.07) is 12.8. The number of anilines is 1. The maximum Gasteiger partial charge on any atom is 0.439 e. The summed E-state index contributed by atoms with van der Waals surface area (Å²) >= 11 is 0. The fraction of sp³-hybridized carbons (Fsp3) is 0.172. The van der Waals surface area contributed by atoms with Crippen LogP contribution in [0.25, 0.3) is 22.9 Å². The van der Waals surface area contributed by atoms with Crippen molar-refractivity contribution in [3.8, 4) is 58.4 Å². The Bertz CT molecular complexity index is 2000. The summed E-state index contributed by atoms with van der Waals surface area (Å²) in [5.41, 5.74) is 1.45. The van der Waals surface area contributed by atoms with Gasteiger partial charge in [0.2, 0.25) is 11.6 Å². The van der Waals surface area contributed by atoms with E-state index in [1.54, 1.807) is 36.4 Å². The standard InChI is InChI=1S/C29H25N7O7S/c1-5-14-41-28-24(42-22-9-7-6-8-21(22)40-4)27(36-44(38,39)23-11-10-19(16-31-23)17(2)3)32-25(33-28)18-12-13-30-20(15-18)26-34-29(37)43-35-26/h1,6-13,15-17H,14H2,2-4H3,(H,32,33,36)(H,34,35,37). The summed E-state index contributed by atoms with van der Waals surface area (Å²) in [5.74, 6) is 1.72. The normalized spacial score (nSPS) is 11.2. The number of H-pyrrole nitrogens is 1. The molecule has 4 aromatic heterocycles. The van der Waals surface area contributed by atoms with Gasteiger partial charge in [0.05, 0.1) is 7.11 Å². The van der Waals surface area contributed by atoms with Crippen LogP contribution in [0, 0.1) is 12.3 Å². The van der Waals surface area contributed by atoms with Crippen molar-refractivity contribution in [3.63, 3.8) is 0 Å². The molecule has 0 aliphatic heterocycles. The van der Waals surface area contributed by atoms with Gasteiger partial charge >= 0.3 is 5.76 Å². The Hall–Kier alpha value is -5.75. The Morgan fingerprint density at radius 2 is 1.89 bits per heavy atom. The Morgan fingerprint density at radius 1 is 1.09 bits per heavy atom. The highest BCUT2D eigenvalue weighted by atomic mass is 32.2. The second-order valence-corrected chi connectivity index (χ2v) is 11.0. The molecule has 0 aliphatic rings. The second-order valence-electron chi connectivity index (χ2n) is 9.34. The van der Waals surface area contributed by atoms with Crippen LogP contribution < -0.4 is 24.7 Å². The average Bonchev–Trinajstić information content (AvgIpc) is 3.47. The van der Waals surface area contributed by atoms with Gasteiger partial charge in [0.25, 0.3) is 15.9 Å². The van der Waals surface area contributed by atoms with E-state index in [-0.39, 0.29) is 58.1 Å². The number of rotatable bonds is 11. The van der Waals surface area contributed by atoms with Gasteiger partial charge in [-0.3, -0.25) is 19.2 Å². The van der Waals surface area contributed by atoms with E-state index in [0.717, 1.165) is 5.56 Å². The number of sulfonamides is 1. The van der Waals surface area contributed by atoms with E-state index in [2.05, 4.69) is 45.2 Å². The zero-order chi connectivity index (χ0) is 31.3. The molecule has 224 valence electrons. The quantitative estimate of drug-likeness (QED) is 0.204. The van der Waals surface area contributed by atoms with Crippen LogP contribution in [-0.2, 0) is 10.0 Å². The molecule has 0 radical (unpaired) electrons. The smallest absolute Gasteiger partial charge is 0.439 e. The highest BCUT2D eigenvalue weighted by Crippen LogP contribution is 2.41. The molecule has 44 heavy (non-hydrogen) atoms. The Kier molecular flexibility index (Phi) is 8.54. The van der Waals surface area contributed by atoms with Gasteiger partial charge in [0.1, 0.15) is 5.69 Å². The summed E-state index contributed by atoms with van der Waals surface area (Å²) in [4.78, 5) is 31.2. The van der Waals surface area contributed by atoms with Gasteiger partial charge in [0.15, 0.2) is 34.8 Å². The molecule has 0 bridgehead atoms. The molecule has 0 unspecified atom stereocenters. The number of para-hydroxylation sites is 2. The number of benzene rings is 1. The van der Waals surface area contributed by atoms with Gasteiger partial charge in [-0.2, -0.15) is 13.4 Å². The van der Waals surface area contributed by atoms with Crippen LogP contribution >= 0.6 is 0 Å². The molecule has 4 heterocycles. The number of terminal acetylenes is 1. The number of methoxy groups -OCH3 is 1. The molecule has 2 N–H and O–H groups in total. The molecule has 0 fully saturated rings. The van der Waals surface area contributed by atoms with E-state index >= 15 is 0 Å². The van der Waals surface area contributed by atoms with Crippen molar-refractivity contribution >= 4 is 15.8 Å². The molecular weight excluding hydrogens is 590 g/mol. The van der Waals surface area contributed by atoms with Crippen molar-refractivity contribution in [1.82, 2.24) is 30.1 Å². The first-order valence-corrected chi connectivity index (χ1v) is 14.5.